The Balaban J connectivity index is 0.000000469. The fourth-order valence-electron chi connectivity index (χ4n) is 2.65. The third-order valence-corrected chi connectivity index (χ3v) is 4.05. The van der Waals surface area contributed by atoms with Crippen LogP contribution in [0.5, 0.6) is 5.75 Å². The van der Waals surface area contributed by atoms with E-state index in [1.165, 1.54) is 16.6 Å². The molecule has 7 heteroatoms. The third-order valence-electron chi connectivity index (χ3n) is 4.05. The van der Waals surface area contributed by atoms with Crippen molar-refractivity contribution in [1.82, 2.24) is 9.88 Å². The first-order valence-corrected chi connectivity index (χ1v) is 9.21. The first-order valence-electron chi connectivity index (χ1n) is 9.21. The van der Waals surface area contributed by atoms with Crippen LogP contribution in [0.3, 0.4) is 0 Å². The van der Waals surface area contributed by atoms with Crippen LogP contribution in [0, 0.1) is 11.8 Å². The quantitative estimate of drug-likeness (QED) is 0.427. The number of hydrogen-bond acceptors (Lipinski definition) is 4. The van der Waals surface area contributed by atoms with Crippen LogP contribution in [-0.2, 0) is 22.7 Å². The number of carboxylic acids is 2. The Bertz CT molecular complexity index is 1040. The zero-order valence-corrected chi connectivity index (χ0v) is 16.9. The molecule has 30 heavy (non-hydrogen) atoms. The van der Waals surface area contributed by atoms with Gasteiger partial charge in [0.2, 0.25) is 0 Å². The zero-order chi connectivity index (χ0) is 21.9. The summed E-state index contributed by atoms with van der Waals surface area (Å²) in [5.41, 5.74) is 3.49. The van der Waals surface area contributed by atoms with Crippen molar-refractivity contribution in [3.05, 3.63) is 65.9 Å². The van der Waals surface area contributed by atoms with Crippen molar-refractivity contribution in [3.8, 4) is 17.6 Å². The maximum absolute atomic E-state index is 9.10. The van der Waals surface area contributed by atoms with E-state index in [1.54, 1.807) is 0 Å². The number of aromatic amines is 1. The van der Waals surface area contributed by atoms with Gasteiger partial charge in [-0.25, -0.2) is 9.59 Å². The maximum atomic E-state index is 9.10. The molecule has 0 aliphatic heterocycles. The van der Waals surface area contributed by atoms with Crippen LogP contribution in [0.4, 0.5) is 0 Å². The number of aromatic nitrogens is 1. The van der Waals surface area contributed by atoms with Gasteiger partial charge >= 0.3 is 11.9 Å². The molecule has 3 aromatic rings. The second-order valence-electron chi connectivity index (χ2n) is 6.53. The summed E-state index contributed by atoms with van der Waals surface area (Å²) in [6.07, 6.45) is 0. The first kappa shape index (κ1) is 22.5. The van der Waals surface area contributed by atoms with Crippen molar-refractivity contribution < 1.29 is 24.5 Å². The van der Waals surface area contributed by atoms with E-state index >= 15 is 0 Å². The molecule has 0 fully saturated rings. The lowest BCUT2D eigenvalue weighted by atomic mass is 10.2. The molecule has 0 aliphatic rings. The highest BCUT2D eigenvalue weighted by Gasteiger charge is 2.05. The molecule has 0 unspecified atom stereocenters. The smallest absolute Gasteiger partial charge is 0.414 e. The number of ether oxygens (including phenoxy) is 1. The number of rotatable bonds is 6. The van der Waals surface area contributed by atoms with Crippen molar-refractivity contribution in [2.24, 2.45) is 0 Å². The molecule has 1 aromatic heterocycles. The van der Waals surface area contributed by atoms with E-state index in [0.29, 0.717) is 6.61 Å². The van der Waals surface area contributed by atoms with Gasteiger partial charge in [0.05, 0.1) is 6.54 Å². The highest BCUT2D eigenvalue weighted by molar-refractivity contribution is 6.27. The van der Waals surface area contributed by atoms with Gasteiger partial charge in [-0.1, -0.05) is 36.3 Å². The largest absolute Gasteiger partial charge is 0.489 e. The molecule has 156 valence electrons. The number of hydrogen-bond donors (Lipinski definition) is 3. The van der Waals surface area contributed by atoms with Gasteiger partial charge in [0, 0.05) is 23.1 Å². The molecular weight excluding hydrogens is 384 g/mol. The number of carbonyl (C=O) groups is 2. The SMILES string of the molecule is CC#CCN(C)Cc1cc2cc(OCc3ccccc3)ccc2[nH]1.O=C(O)C(=O)O. The molecular formula is C23H24N2O5. The molecule has 0 radical (unpaired) electrons. The van der Waals surface area contributed by atoms with Gasteiger partial charge in [0.25, 0.3) is 0 Å². The lowest BCUT2D eigenvalue weighted by Crippen LogP contribution is -2.17. The average molecular weight is 408 g/mol. The van der Waals surface area contributed by atoms with Crippen LogP contribution in [0.15, 0.2) is 54.6 Å². The molecule has 2 aromatic carbocycles. The zero-order valence-electron chi connectivity index (χ0n) is 16.9. The number of H-pyrrole nitrogens is 1. The van der Waals surface area contributed by atoms with Gasteiger partial charge in [-0.3, -0.25) is 4.90 Å². The third kappa shape index (κ3) is 7.34. The molecule has 0 amide bonds. The average Bonchev–Trinajstić information content (AvgIpc) is 3.13. The van der Waals surface area contributed by atoms with E-state index in [4.69, 9.17) is 24.5 Å². The highest BCUT2D eigenvalue weighted by Crippen LogP contribution is 2.23. The second-order valence-corrected chi connectivity index (χ2v) is 6.53. The van der Waals surface area contributed by atoms with E-state index in [0.717, 1.165) is 24.4 Å². The Morgan fingerprint density at radius 1 is 1.07 bits per heavy atom. The molecule has 0 saturated heterocycles. The van der Waals surface area contributed by atoms with Crippen LogP contribution >= 0.6 is 0 Å². The summed E-state index contributed by atoms with van der Waals surface area (Å²) in [4.78, 5) is 23.8. The number of fused-ring (bicyclic) bond motifs is 1. The molecule has 3 rings (SSSR count). The molecule has 3 N–H and O–H groups in total. The molecule has 0 bridgehead atoms. The summed E-state index contributed by atoms with van der Waals surface area (Å²) >= 11 is 0. The van der Waals surface area contributed by atoms with Crippen molar-refractivity contribution in [2.45, 2.75) is 20.1 Å². The summed E-state index contributed by atoms with van der Waals surface area (Å²) in [5, 5.41) is 16.0. The Morgan fingerprint density at radius 2 is 1.77 bits per heavy atom. The lowest BCUT2D eigenvalue weighted by molar-refractivity contribution is -0.159. The van der Waals surface area contributed by atoms with Gasteiger partial charge < -0.3 is 19.9 Å². The van der Waals surface area contributed by atoms with Crippen LogP contribution in [0.1, 0.15) is 18.2 Å². The Hall–Kier alpha value is -3.76. The van der Waals surface area contributed by atoms with E-state index < -0.39 is 11.9 Å². The molecule has 0 aliphatic carbocycles. The van der Waals surface area contributed by atoms with Crippen LogP contribution in [0.2, 0.25) is 0 Å². The van der Waals surface area contributed by atoms with E-state index in [9.17, 15) is 0 Å². The summed E-state index contributed by atoms with van der Waals surface area (Å²) in [7, 11) is 2.07. The fourth-order valence-corrected chi connectivity index (χ4v) is 2.65. The molecule has 0 spiro atoms. The van der Waals surface area contributed by atoms with Gasteiger partial charge in [0.1, 0.15) is 12.4 Å². The van der Waals surface area contributed by atoms with Crippen LogP contribution in [-0.4, -0.2) is 45.6 Å². The van der Waals surface area contributed by atoms with Gasteiger partial charge in [-0.05, 0) is 43.8 Å². The summed E-state index contributed by atoms with van der Waals surface area (Å²) in [6.45, 7) is 4.08. The highest BCUT2D eigenvalue weighted by atomic mass is 16.5. The molecule has 7 nitrogen and oxygen atoms in total. The Labute approximate surface area is 174 Å². The minimum atomic E-state index is -1.82. The van der Waals surface area contributed by atoms with Crippen LogP contribution < -0.4 is 4.74 Å². The molecule has 0 saturated carbocycles. The van der Waals surface area contributed by atoms with Crippen molar-refractivity contribution in [3.63, 3.8) is 0 Å². The maximum Gasteiger partial charge on any atom is 0.414 e. The summed E-state index contributed by atoms with van der Waals surface area (Å²) in [5.74, 6) is 3.26. The van der Waals surface area contributed by atoms with E-state index in [2.05, 4.69) is 59.1 Å². The van der Waals surface area contributed by atoms with Crippen LogP contribution in [0.25, 0.3) is 10.9 Å². The topological polar surface area (TPSA) is 103 Å². The van der Waals surface area contributed by atoms with Crippen molar-refractivity contribution in [1.29, 1.82) is 0 Å². The predicted molar refractivity (Wildman–Crippen MR) is 114 cm³/mol. The Kier molecular flexibility index (Phi) is 8.48. The van der Waals surface area contributed by atoms with Crippen molar-refractivity contribution >= 4 is 22.8 Å². The predicted octanol–water partition coefficient (Wildman–Crippen LogP) is 3.36. The van der Waals surface area contributed by atoms with Gasteiger partial charge in [-0.2, -0.15) is 0 Å². The lowest BCUT2D eigenvalue weighted by Gasteiger charge is -2.11. The van der Waals surface area contributed by atoms with E-state index in [-0.39, 0.29) is 0 Å². The van der Waals surface area contributed by atoms with Gasteiger partial charge in [-0.15, -0.1) is 5.92 Å². The minimum absolute atomic E-state index is 0.585. The summed E-state index contributed by atoms with van der Waals surface area (Å²) < 4.78 is 5.90. The molecule has 1 heterocycles. The Morgan fingerprint density at radius 3 is 2.40 bits per heavy atom. The number of benzene rings is 2. The monoisotopic (exact) mass is 408 g/mol. The van der Waals surface area contributed by atoms with Crippen molar-refractivity contribution in [2.75, 3.05) is 13.6 Å². The number of nitrogens with zero attached hydrogens (tertiary/aromatic N) is 1. The second kappa shape index (κ2) is 11.3. The summed E-state index contributed by atoms with van der Waals surface area (Å²) in [6, 6.07) is 18.6. The molecule has 0 atom stereocenters. The standard InChI is InChI=1S/C21H22N2O.C2H2O4/c1-3-4-12-23(2)15-19-13-18-14-20(10-11-21(18)22-19)24-16-17-8-6-5-7-9-17;3-1(4)2(5)6/h5-11,13-14,22H,12,15-16H2,1-2H3;(H,3,4)(H,5,6). The fraction of sp³-hybridized carbons (Fsp3) is 0.217. The first-order chi connectivity index (χ1) is 14.4. The minimum Gasteiger partial charge on any atom is -0.489 e. The number of carboxylic acid groups (broad SMARTS) is 2. The van der Waals surface area contributed by atoms with E-state index in [1.807, 2.05) is 31.2 Å². The number of nitrogens with one attached hydrogen (secondary N) is 1. The normalized spacial score (nSPS) is 9.97. The number of aliphatic carboxylic acids is 2. The van der Waals surface area contributed by atoms with Gasteiger partial charge in [0.15, 0.2) is 0 Å².